The van der Waals surface area contributed by atoms with E-state index in [2.05, 4.69) is 24.0 Å². The Bertz CT molecular complexity index is 892. The summed E-state index contributed by atoms with van der Waals surface area (Å²) in [6, 6.07) is 27.1. The van der Waals surface area contributed by atoms with E-state index in [1.165, 1.54) is 5.56 Å². The number of nitrogens with zero attached hydrogens (tertiary/aromatic N) is 1. The average Bonchev–Trinajstić information content (AvgIpc) is 2.67. The summed E-state index contributed by atoms with van der Waals surface area (Å²) in [6.45, 7) is 2.06. The highest BCUT2D eigenvalue weighted by molar-refractivity contribution is 6.17. The number of aryl methyl sites for hydroxylation is 1. The molecule has 0 atom stereocenters. The molecule has 0 bridgehead atoms. The van der Waals surface area contributed by atoms with Crippen LogP contribution < -0.4 is 0 Å². The maximum atomic E-state index is 12.5. The van der Waals surface area contributed by atoms with E-state index in [4.69, 9.17) is 0 Å². The van der Waals surface area contributed by atoms with Crippen LogP contribution in [0.1, 0.15) is 27.0 Å². The molecule has 0 N–H and O–H groups in total. The van der Waals surface area contributed by atoms with Crippen molar-refractivity contribution in [3.63, 3.8) is 0 Å². The Balaban J connectivity index is 1.94. The summed E-state index contributed by atoms with van der Waals surface area (Å²) < 4.78 is 0. The lowest BCUT2D eigenvalue weighted by Crippen LogP contribution is -2.03. The van der Waals surface area contributed by atoms with Gasteiger partial charge in [0.15, 0.2) is 0 Å². The molecule has 122 valence electrons. The SMILES string of the molecule is Cc1ccc(/C=C/C(=NC(=O)c2ccccc2)c2ccccc2)cc1. The molecule has 0 aliphatic rings. The van der Waals surface area contributed by atoms with E-state index in [-0.39, 0.29) is 5.91 Å². The van der Waals surface area contributed by atoms with Gasteiger partial charge in [-0.1, -0.05) is 84.4 Å². The lowest BCUT2D eigenvalue weighted by molar-refractivity contribution is 0.100. The van der Waals surface area contributed by atoms with Crippen LogP contribution in [0, 0.1) is 6.92 Å². The second kappa shape index (κ2) is 8.02. The Labute approximate surface area is 148 Å². The molecule has 25 heavy (non-hydrogen) atoms. The van der Waals surface area contributed by atoms with Gasteiger partial charge < -0.3 is 0 Å². The van der Waals surface area contributed by atoms with Crippen molar-refractivity contribution < 1.29 is 4.79 Å². The van der Waals surface area contributed by atoms with Gasteiger partial charge in [0.25, 0.3) is 5.91 Å². The molecule has 0 saturated heterocycles. The van der Waals surface area contributed by atoms with E-state index < -0.39 is 0 Å². The van der Waals surface area contributed by atoms with Crippen LogP contribution in [0.25, 0.3) is 6.08 Å². The Hall–Kier alpha value is -3.26. The summed E-state index contributed by atoms with van der Waals surface area (Å²) in [5.74, 6) is -0.243. The first-order chi connectivity index (χ1) is 12.2. The molecular weight excluding hydrogens is 306 g/mol. The van der Waals surface area contributed by atoms with Gasteiger partial charge in [0, 0.05) is 11.1 Å². The standard InChI is InChI=1S/C23H19NO/c1-18-12-14-19(15-13-18)16-17-22(20-8-4-2-5-9-20)24-23(25)21-10-6-3-7-11-21/h2-17H,1H3/b17-16+,24-22?. The molecule has 0 saturated carbocycles. The van der Waals surface area contributed by atoms with Crippen molar-refractivity contribution >= 4 is 17.7 Å². The lowest BCUT2D eigenvalue weighted by atomic mass is 10.1. The minimum Gasteiger partial charge on any atom is -0.267 e. The number of hydrogen-bond acceptors (Lipinski definition) is 1. The minimum absolute atomic E-state index is 0.243. The fourth-order valence-electron chi connectivity index (χ4n) is 2.41. The van der Waals surface area contributed by atoms with Gasteiger partial charge in [0.1, 0.15) is 0 Å². The minimum atomic E-state index is -0.243. The lowest BCUT2D eigenvalue weighted by Gasteiger charge is -2.03. The normalized spacial score (nSPS) is 11.6. The second-order valence-electron chi connectivity index (χ2n) is 5.78. The number of rotatable bonds is 4. The van der Waals surface area contributed by atoms with Crippen molar-refractivity contribution in [2.24, 2.45) is 4.99 Å². The van der Waals surface area contributed by atoms with Crippen LogP contribution in [0.4, 0.5) is 0 Å². The molecule has 0 heterocycles. The first-order valence-electron chi connectivity index (χ1n) is 8.20. The summed E-state index contributed by atoms with van der Waals surface area (Å²) in [6.07, 6.45) is 3.87. The molecule has 3 rings (SSSR count). The van der Waals surface area contributed by atoms with Crippen LogP contribution in [-0.2, 0) is 0 Å². The van der Waals surface area contributed by atoms with Crippen molar-refractivity contribution in [1.29, 1.82) is 0 Å². The molecule has 0 aliphatic carbocycles. The zero-order valence-electron chi connectivity index (χ0n) is 14.1. The maximum Gasteiger partial charge on any atom is 0.277 e. The predicted octanol–water partition coefficient (Wildman–Crippen LogP) is 5.34. The number of carbonyl (C=O) groups excluding carboxylic acids is 1. The molecule has 0 radical (unpaired) electrons. The molecule has 1 amide bonds. The monoisotopic (exact) mass is 325 g/mol. The predicted molar refractivity (Wildman–Crippen MR) is 104 cm³/mol. The number of allylic oxidation sites excluding steroid dienone is 1. The number of amides is 1. The first-order valence-corrected chi connectivity index (χ1v) is 8.20. The summed E-state index contributed by atoms with van der Waals surface area (Å²) in [5, 5.41) is 0. The Kier molecular flexibility index (Phi) is 5.32. The number of carbonyl (C=O) groups is 1. The number of hydrogen-bond donors (Lipinski definition) is 0. The summed E-state index contributed by atoms with van der Waals surface area (Å²) in [5.41, 5.74) is 4.43. The summed E-state index contributed by atoms with van der Waals surface area (Å²) in [4.78, 5) is 16.8. The van der Waals surface area contributed by atoms with Crippen LogP contribution >= 0.6 is 0 Å². The average molecular weight is 325 g/mol. The van der Waals surface area contributed by atoms with Crippen molar-refractivity contribution in [1.82, 2.24) is 0 Å². The third-order valence-corrected chi connectivity index (χ3v) is 3.82. The molecule has 0 aliphatic heterocycles. The largest absolute Gasteiger partial charge is 0.277 e. The highest BCUT2D eigenvalue weighted by Crippen LogP contribution is 2.10. The van der Waals surface area contributed by atoms with Crippen molar-refractivity contribution in [2.45, 2.75) is 6.92 Å². The van der Waals surface area contributed by atoms with Gasteiger partial charge in [0.05, 0.1) is 5.71 Å². The topological polar surface area (TPSA) is 29.4 Å². The molecule has 3 aromatic rings. The molecule has 0 fully saturated rings. The van der Waals surface area contributed by atoms with Crippen molar-refractivity contribution in [3.05, 3.63) is 113 Å². The van der Waals surface area contributed by atoms with Crippen LogP contribution in [0.5, 0.6) is 0 Å². The molecule has 3 aromatic carbocycles. The van der Waals surface area contributed by atoms with E-state index in [9.17, 15) is 4.79 Å². The molecule has 2 nitrogen and oxygen atoms in total. The van der Waals surface area contributed by atoms with E-state index in [1.54, 1.807) is 12.1 Å². The second-order valence-corrected chi connectivity index (χ2v) is 5.78. The van der Waals surface area contributed by atoms with E-state index in [0.717, 1.165) is 11.1 Å². The molecular formula is C23H19NO. The highest BCUT2D eigenvalue weighted by Gasteiger charge is 2.06. The van der Waals surface area contributed by atoms with E-state index in [1.807, 2.05) is 72.8 Å². The van der Waals surface area contributed by atoms with Crippen LogP contribution in [-0.4, -0.2) is 11.6 Å². The van der Waals surface area contributed by atoms with E-state index >= 15 is 0 Å². The quantitative estimate of drug-likeness (QED) is 0.595. The third-order valence-electron chi connectivity index (χ3n) is 3.82. The number of aliphatic imine (C=N–C) groups is 1. The highest BCUT2D eigenvalue weighted by atomic mass is 16.1. The van der Waals surface area contributed by atoms with Gasteiger partial charge in [-0.15, -0.1) is 0 Å². The van der Waals surface area contributed by atoms with Gasteiger partial charge >= 0.3 is 0 Å². The molecule has 0 aromatic heterocycles. The zero-order valence-corrected chi connectivity index (χ0v) is 14.1. The Morgan fingerprint density at radius 1 is 0.760 bits per heavy atom. The van der Waals surface area contributed by atoms with Crippen LogP contribution in [0.2, 0.25) is 0 Å². The molecule has 2 heteroatoms. The van der Waals surface area contributed by atoms with Gasteiger partial charge in [-0.2, -0.15) is 0 Å². The zero-order chi connectivity index (χ0) is 17.5. The fourth-order valence-corrected chi connectivity index (χ4v) is 2.41. The molecule has 0 spiro atoms. The molecule has 0 unspecified atom stereocenters. The van der Waals surface area contributed by atoms with Gasteiger partial charge in [-0.25, -0.2) is 4.99 Å². The van der Waals surface area contributed by atoms with Crippen molar-refractivity contribution in [3.8, 4) is 0 Å². The third kappa shape index (κ3) is 4.61. The maximum absolute atomic E-state index is 12.5. The summed E-state index contributed by atoms with van der Waals surface area (Å²) >= 11 is 0. The summed E-state index contributed by atoms with van der Waals surface area (Å²) in [7, 11) is 0. The Morgan fingerprint density at radius 2 is 1.32 bits per heavy atom. The van der Waals surface area contributed by atoms with E-state index in [0.29, 0.717) is 11.3 Å². The van der Waals surface area contributed by atoms with Crippen LogP contribution in [0.15, 0.2) is 96.0 Å². The smallest absolute Gasteiger partial charge is 0.267 e. The van der Waals surface area contributed by atoms with Crippen molar-refractivity contribution in [2.75, 3.05) is 0 Å². The fraction of sp³-hybridized carbons (Fsp3) is 0.0435. The number of benzene rings is 3. The first kappa shape index (κ1) is 16.6. The van der Waals surface area contributed by atoms with Gasteiger partial charge in [-0.3, -0.25) is 4.79 Å². The Morgan fingerprint density at radius 3 is 1.92 bits per heavy atom. The van der Waals surface area contributed by atoms with Gasteiger partial charge in [0.2, 0.25) is 0 Å². The van der Waals surface area contributed by atoms with Gasteiger partial charge in [-0.05, 0) is 30.7 Å². The van der Waals surface area contributed by atoms with Crippen LogP contribution in [0.3, 0.4) is 0 Å².